The molecule has 14 nitrogen and oxygen atoms in total. The van der Waals surface area contributed by atoms with Crippen LogP contribution in [-0.4, -0.2) is 98.1 Å². The van der Waals surface area contributed by atoms with Gasteiger partial charge in [-0.15, -0.1) is 0 Å². The number of rotatable bonds is 15. The van der Waals surface area contributed by atoms with Crippen LogP contribution in [0.2, 0.25) is 0 Å². The molecule has 5 heterocycles. The summed E-state index contributed by atoms with van der Waals surface area (Å²) in [6.45, 7) is 16.1. The molecule has 6 N–H and O–H groups in total. The van der Waals surface area contributed by atoms with Crippen molar-refractivity contribution in [2.45, 2.75) is 130 Å². The topological polar surface area (TPSA) is 184 Å². The Hall–Kier alpha value is -5.61. The van der Waals surface area contributed by atoms with Crippen LogP contribution in [-0.2, 0) is 19.1 Å². The van der Waals surface area contributed by atoms with E-state index < -0.39 is 18.5 Å². The van der Waals surface area contributed by atoms with Gasteiger partial charge in [0.2, 0.25) is 18.2 Å². The number of allylic oxidation sites excluding steroid dienone is 3. The summed E-state index contributed by atoms with van der Waals surface area (Å²) in [4.78, 5) is 47.7. The molecule has 9 rings (SSSR count). The maximum atomic E-state index is 17.3. The predicted molar refractivity (Wildman–Crippen MR) is 268 cm³/mol. The summed E-state index contributed by atoms with van der Waals surface area (Å²) in [5.41, 5.74) is 12.8. The van der Waals surface area contributed by atoms with Crippen molar-refractivity contribution in [2.24, 2.45) is 35.3 Å². The van der Waals surface area contributed by atoms with Crippen molar-refractivity contribution in [1.82, 2.24) is 35.1 Å². The fourth-order valence-electron chi connectivity index (χ4n) is 11.2. The molecule has 9 unspecified atom stereocenters. The summed E-state index contributed by atoms with van der Waals surface area (Å²) < 4.78 is 35.8. The van der Waals surface area contributed by atoms with Crippen molar-refractivity contribution in [3.8, 4) is 28.3 Å². The molecule has 2 saturated heterocycles. The molecule has 3 aliphatic heterocycles. The lowest BCUT2D eigenvalue weighted by Gasteiger charge is -2.35. The number of nitrogens with one attached hydrogen (secondary N) is 3. The van der Waals surface area contributed by atoms with Gasteiger partial charge >= 0.3 is 0 Å². The van der Waals surface area contributed by atoms with E-state index in [4.69, 9.17) is 29.9 Å². The number of hydrogen-bond donors (Lipinski definition) is 5. The zero-order chi connectivity index (χ0) is 49.5. The smallest absolute Gasteiger partial charge is 0.240 e. The summed E-state index contributed by atoms with van der Waals surface area (Å²) in [7, 11) is 1.39. The lowest BCUT2D eigenvalue weighted by molar-refractivity contribution is -0.145. The number of fused-ring (bicyclic) bond motifs is 5. The molecule has 0 spiro atoms. The number of benzene rings is 2. The fourth-order valence-corrected chi connectivity index (χ4v) is 11.2. The van der Waals surface area contributed by atoms with Gasteiger partial charge in [-0.05, 0) is 109 Å². The number of aromatic nitrogens is 4. The highest BCUT2D eigenvalue weighted by molar-refractivity contribution is 5.89. The van der Waals surface area contributed by atoms with E-state index >= 15 is 4.39 Å². The minimum atomic E-state index is -1.26. The van der Waals surface area contributed by atoms with Crippen molar-refractivity contribution in [1.29, 1.82) is 0 Å². The molecule has 0 saturated carbocycles. The lowest BCUT2D eigenvalue weighted by atomic mass is 9.75. The number of imidazole rings is 2. The van der Waals surface area contributed by atoms with Gasteiger partial charge in [0.15, 0.2) is 0 Å². The first-order valence-electron chi connectivity index (χ1n) is 25.4. The number of aliphatic hydroxyl groups excluding tert-OH is 1. The quantitative estimate of drug-likeness (QED) is 0.0721. The van der Waals surface area contributed by atoms with Crippen LogP contribution in [0.3, 0.4) is 0 Å². The van der Waals surface area contributed by atoms with Crippen LogP contribution in [0.15, 0.2) is 66.7 Å². The summed E-state index contributed by atoms with van der Waals surface area (Å²) in [6, 6.07) is 8.25. The van der Waals surface area contributed by atoms with Crippen molar-refractivity contribution in [3.63, 3.8) is 0 Å². The fraction of sp³-hybridized carbons (Fsp3) is 0.527. The summed E-state index contributed by atoms with van der Waals surface area (Å²) in [5.74, 6) is 2.35. The zero-order valence-electron chi connectivity index (χ0n) is 41.9. The number of likely N-dealkylation sites (tertiary alicyclic amines) is 2. The van der Waals surface area contributed by atoms with Crippen LogP contribution < -0.4 is 15.8 Å². The highest BCUT2D eigenvalue weighted by atomic mass is 19.1. The predicted octanol–water partition coefficient (Wildman–Crippen LogP) is 9.01. The number of aliphatic hydroxyl groups is 1. The Morgan fingerprint density at radius 3 is 2.26 bits per heavy atom. The Morgan fingerprint density at radius 1 is 0.943 bits per heavy atom. The number of halogens is 1. The number of nitrogens with two attached hydrogens (primary N) is 1. The van der Waals surface area contributed by atoms with Gasteiger partial charge in [-0.2, -0.15) is 0 Å². The monoisotopic (exact) mass is 959 g/mol. The molecule has 2 aromatic carbocycles. The number of carbonyl (C=O) groups is 2. The normalized spacial score (nSPS) is 24.4. The second-order valence-corrected chi connectivity index (χ2v) is 21.1. The molecule has 2 aromatic heterocycles. The second kappa shape index (κ2) is 20.6. The summed E-state index contributed by atoms with van der Waals surface area (Å²) in [5, 5.41) is 13.1. The number of aromatic amines is 2. The molecule has 15 heteroatoms. The van der Waals surface area contributed by atoms with E-state index in [1.807, 2.05) is 55.8 Å². The molecule has 4 aromatic rings. The van der Waals surface area contributed by atoms with Gasteiger partial charge in [0, 0.05) is 43.2 Å². The van der Waals surface area contributed by atoms with E-state index in [1.165, 1.54) is 7.11 Å². The van der Waals surface area contributed by atoms with Crippen molar-refractivity contribution in [3.05, 3.63) is 101 Å². The van der Waals surface area contributed by atoms with E-state index in [0.29, 0.717) is 66.3 Å². The number of hydrogen-bond acceptors (Lipinski definition) is 10. The summed E-state index contributed by atoms with van der Waals surface area (Å²) in [6.07, 6.45) is 15.1. The van der Waals surface area contributed by atoms with E-state index in [-0.39, 0.29) is 65.4 Å². The number of nitrogens with zero attached hydrogens (tertiary/aromatic N) is 4. The highest BCUT2D eigenvalue weighted by Gasteiger charge is 2.43. The van der Waals surface area contributed by atoms with Crippen LogP contribution in [0.1, 0.15) is 133 Å². The van der Waals surface area contributed by atoms with Gasteiger partial charge in [-0.3, -0.25) is 14.9 Å². The van der Waals surface area contributed by atoms with Gasteiger partial charge in [0.1, 0.15) is 35.1 Å². The molecule has 9 atom stereocenters. The molecule has 70 heavy (non-hydrogen) atoms. The SMILES string of the molecule is COC(O)NC(C(=O)N1CCCC1c1ncc(-c2ccc3c(c2)C=C2CC(C3C)C(C3C=C(OCC(C)C)C=CC3)Oc3cc(-c4cnc(C5CCCN5C(=O)C(N)C(C)C)[nH]4)cc(F)c32)[nH]1)C(C)C. The Balaban J connectivity index is 1.07. The number of amides is 2. The third-order valence-corrected chi connectivity index (χ3v) is 15.1. The molecule has 2 aliphatic carbocycles. The zero-order valence-corrected chi connectivity index (χ0v) is 41.9. The van der Waals surface area contributed by atoms with E-state index in [1.54, 1.807) is 12.3 Å². The molecule has 0 radical (unpaired) electrons. The molecule has 2 fully saturated rings. The van der Waals surface area contributed by atoms with Gasteiger partial charge in [-0.1, -0.05) is 72.8 Å². The maximum Gasteiger partial charge on any atom is 0.240 e. The van der Waals surface area contributed by atoms with Crippen LogP contribution in [0.5, 0.6) is 5.75 Å². The van der Waals surface area contributed by atoms with Gasteiger partial charge < -0.3 is 44.8 Å². The van der Waals surface area contributed by atoms with Crippen LogP contribution in [0.25, 0.3) is 34.2 Å². The molecule has 374 valence electrons. The van der Waals surface area contributed by atoms with Crippen LogP contribution >= 0.6 is 0 Å². The second-order valence-electron chi connectivity index (χ2n) is 21.1. The van der Waals surface area contributed by atoms with Gasteiger partial charge in [0.05, 0.1) is 60.1 Å². The Kier molecular flexibility index (Phi) is 14.5. The third kappa shape index (κ3) is 9.86. The van der Waals surface area contributed by atoms with Gasteiger partial charge in [-0.25, -0.2) is 14.4 Å². The van der Waals surface area contributed by atoms with Gasteiger partial charge in [0.25, 0.3) is 0 Å². The minimum absolute atomic E-state index is 0.00660. The average Bonchev–Trinajstić information content (AvgIpc) is 4.18. The molecule has 2 amide bonds. The Morgan fingerprint density at radius 2 is 1.61 bits per heavy atom. The van der Waals surface area contributed by atoms with Crippen molar-refractivity contribution >= 4 is 23.5 Å². The Bertz CT molecular complexity index is 2650. The number of ether oxygens (including phenoxy) is 3. The first kappa shape index (κ1) is 49.4. The molecule has 2 bridgehead atoms. The first-order chi connectivity index (χ1) is 33.6. The van der Waals surface area contributed by atoms with E-state index in [9.17, 15) is 14.7 Å². The molecular formula is C55H71FN8O6. The largest absolute Gasteiger partial charge is 0.494 e. The molecular weight excluding hydrogens is 888 g/mol. The highest BCUT2D eigenvalue weighted by Crippen LogP contribution is 2.51. The van der Waals surface area contributed by atoms with Crippen LogP contribution in [0.4, 0.5) is 4.39 Å². The minimum Gasteiger partial charge on any atom is -0.494 e. The van der Waals surface area contributed by atoms with Crippen molar-refractivity contribution < 1.29 is 33.3 Å². The maximum absolute atomic E-state index is 17.3. The number of carbonyl (C=O) groups excluding carboxylic acids is 2. The first-order valence-corrected chi connectivity index (χ1v) is 25.4. The standard InChI is InChI=1S/C55H71FN8O6/c1-29(2)28-69-38-13-9-12-34(22-38)50-40-23-37(47-41(56)24-36(25-46(47)70-50)43-27-59-51(61-43)44-14-10-18-63(44)53(65)48(57)30(3)4)21-35-20-33(16-17-39(35)32(40)7)42-26-58-52(60-42)45-15-11-19-64(45)54(66)49(31(5)6)62-55(67)68-8/h9,13,16-17,20-22,24-27,29-32,34,40,44-45,48-50,55,62,67H,10-12,14-15,18-19,23,28,57H2,1-8H3,(H,58,60)(H,59,61). The lowest BCUT2D eigenvalue weighted by Crippen LogP contribution is -2.52. The van der Waals surface area contributed by atoms with Crippen LogP contribution in [0, 0.1) is 35.4 Å². The van der Waals surface area contributed by atoms with E-state index in [2.05, 4.69) is 72.5 Å². The number of H-pyrrole nitrogens is 2. The number of methoxy groups -OCH3 is 1. The van der Waals surface area contributed by atoms with Crippen molar-refractivity contribution in [2.75, 3.05) is 26.8 Å². The summed E-state index contributed by atoms with van der Waals surface area (Å²) >= 11 is 0. The molecule has 5 aliphatic rings. The average molecular weight is 959 g/mol. The third-order valence-electron chi connectivity index (χ3n) is 15.1. The van der Waals surface area contributed by atoms with E-state index in [0.717, 1.165) is 65.8 Å². The Labute approximate surface area is 411 Å².